The summed E-state index contributed by atoms with van der Waals surface area (Å²) in [6.45, 7) is 8.36. The normalized spacial score (nSPS) is 13.0. The summed E-state index contributed by atoms with van der Waals surface area (Å²) in [6, 6.07) is 0.381. The van der Waals surface area contributed by atoms with Crippen molar-refractivity contribution < 1.29 is 0 Å². The quantitative estimate of drug-likeness (QED) is 0.839. The van der Waals surface area contributed by atoms with Crippen LogP contribution in [0.25, 0.3) is 0 Å². The minimum absolute atomic E-state index is 0.381. The van der Waals surface area contributed by atoms with Crippen LogP contribution >= 0.6 is 27.7 Å². The monoisotopic (exact) mass is 305 g/mol. The molecule has 0 fully saturated rings. The van der Waals surface area contributed by atoms with Crippen LogP contribution in [0.3, 0.4) is 0 Å². The van der Waals surface area contributed by atoms with Crippen molar-refractivity contribution in [2.75, 3.05) is 18.1 Å². The smallest absolute Gasteiger partial charge is 0.0703 e. The number of nitrogens with one attached hydrogen (secondary N) is 1. The topological polar surface area (TPSA) is 29.9 Å². The first-order valence-corrected chi connectivity index (χ1v) is 7.71. The highest BCUT2D eigenvalue weighted by Crippen LogP contribution is 2.26. The van der Waals surface area contributed by atoms with Crippen molar-refractivity contribution in [3.05, 3.63) is 16.4 Å². The van der Waals surface area contributed by atoms with Gasteiger partial charge in [-0.15, -0.1) is 0 Å². The van der Waals surface area contributed by atoms with Gasteiger partial charge < -0.3 is 5.32 Å². The van der Waals surface area contributed by atoms with Crippen LogP contribution in [-0.4, -0.2) is 27.8 Å². The summed E-state index contributed by atoms with van der Waals surface area (Å²) in [5.41, 5.74) is 1.27. The highest BCUT2D eigenvalue weighted by molar-refractivity contribution is 9.10. The Bertz CT molecular complexity index is 314. The molecule has 0 aliphatic heterocycles. The second kappa shape index (κ2) is 7.35. The van der Waals surface area contributed by atoms with Crippen molar-refractivity contribution in [2.24, 2.45) is 0 Å². The molecular weight excluding hydrogens is 286 g/mol. The van der Waals surface area contributed by atoms with Crippen LogP contribution in [0.15, 0.2) is 10.7 Å². The van der Waals surface area contributed by atoms with Crippen molar-refractivity contribution in [2.45, 2.75) is 33.4 Å². The van der Waals surface area contributed by atoms with Gasteiger partial charge >= 0.3 is 0 Å². The van der Waals surface area contributed by atoms with E-state index in [9.17, 15) is 0 Å². The lowest BCUT2D eigenvalue weighted by Crippen LogP contribution is -2.26. The first-order chi connectivity index (χ1) is 7.74. The number of thioether (sulfide) groups is 1. The van der Waals surface area contributed by atoms with Crippen LogP contribution in [0.2, 0.25) is 0 Å². The molecule has 0 aromatic carbocycles. The molecule has 0 spiro atoms. The Balaban J connectivity index is 2.85. The Kier molecular flexibility index (Phi) is 6.46. The summed E-state index contributed by atoms with van der Waals surface area (Å²) in [5.74, 6) is 2.24. The standard InChI is InChI=1S/C11H20BrN3S/c1-4-13-10(8-16-6-3)11-9(12)7-14-15(11)5-2/h7,10,13H,4-6,8H2,1-3H3. The average molecular weight is 306 g/mol. The molecular formula is C11H20BrN3S. The summed E-state index contributed by atoms with van der Waals surface area (Å²) in [6.07, 6.45) is 1.89. The Morgan fingerprint density at radius 2 is 2.25 bits per heavy atom. The molecule has 5 heteroatoms. The third kappa shape index (κ3) is 3.50. The molecule has 92 valence electrons. The van der Waals surface area contributed by atoms with Crippen LogP contribution in [0.1, 0.15) is 32.5 Å². The summed E-state index contributed by atoms with van der Waals surface area (Å²) in [4.78, 5) is 0. The molecule has 1 atom stereocenters. The molecule has 1 aromatic heterocycles. The van der Waals surface area contributed by atoms with Crippen molar-refractivity contribution in [1.82, 2.24) is 15.1 Å². The van der Waals surface area contributed by atoms with Crippen LogP contribution in [-0.2, 0) is 6.54 Å². The molecule has 16 heavy (non-hydrogen) atoms. The van der Waals surface area contributed by atoms with Gasteiger partial charge in [0.15, 0.2) is 0 Å². The van der Waals surface area contributed by atoms with E-state index in [-0.39, 0.29) is 0 Å². The SMILES string of the molecule is CCNC(CSCC)c1c(Br)cnn1CC. The van der Waals surface area contributed by atoms with Crippen molar-refractivity contribution >= 4 is 27.7 Å². The molecule has 1 aromatic rings. The molecule has 0 bridgehead atoms. The predicted octanol–water partition coefficient (Wildman–Crippen LogP) is 3.07. The van der Waals surface area contributed by atoms with E-state index in [1.54, 1.807) is 0 Å². The first-order valence-electron chi connectivity index (χ1n) is 5.76. The minimum Gasteiger partial charge on any atom is -0.308 e. The van der Waals surface area contributed by atoms with E-state index in [0.717, 1.165) is 29.1 Å². The van der Waals surface area contributed by atoms with Gasteiger partial charge in [-0.2, -0.15) is 16.9 Å². The Morgan fingerprint density at radius 1 is 1.50 bits per heavy atom. The zero-order valence-corrected chi connectivity index (χ0v) is 12.6. The van der Waals surface area contributed by atoms with Crippen LogP contribution in [0, 0.1) is 0 Å². The lowest BCUT2D eigenvalue weighted by atomic mass is 10.2. The lowest BCUT2D eigenvalue weighted by Gasteiger charge is -2.19. The first kappa shape index (κ1) is 14.1. The molecule has 0 radical (unpaired) electrons. The van der Waals surface area contributed by atoms with Gasteiger partial charge in [0.1, 0.15) is 0 Å². The zero-order valence-electron chi connectivity index (χ0n) is 10.2. The number of aryl methyl sites for hydroxylation is 1. The number of rotatable bonds is 7. The van der Waals surface area contributed by atoms with Gasteiger partial charge in [0.25, 0.3) is 0 Å². The number of hydrogen-bond acceptors (Lipinski definition) is 3. The summed E-state index contributed by atoms with van der Waals surface area (Å²) in [5, 5.41) is 7.89. The molecule has 0 saturated heterocycles. The molecule has 1 heterocycles. The third-order valence-electron chi connectivity index (χ3n) is 2.40. The average Bonchev–Trinajstić information content (AvgIpc) is 2.66. The number of halogens is 1. The lowest BCUT2D eigenvalue weighted by molar-refractivity contribution is 0.525. The van der Waals surface area contributed by atoms with Crippen molar-refractivity contribution in [3.8, 4) is 0 Å². The molecule has 0 saturated carbocycles. The molecule has 3 nitrogen and oxygen atoms in total. The maximum Gasteiger partial charge on any atom is 0.0703 e. The maximum atomic E-state index is 4.37. The van der Waals surface area contributed by atoms with Gasteiger partial charge in [-0.25, -0.2) is 0 Å². The number of aromatic nitrogens is 2. The van der Waals surface area contributed by atoms with Crippen molar-refractivity contribution in [1.29, 1.82) is 0 Å². The molecule has 0 amide bonds. The zero-order chi connectivity index (χ0) is 12.0. The Morgan fingerprint density at radius 3 is 2.81 bits per heavy atom. The van der Waals surface area contributed by atoms with Crippen LogP contribution < -0.4 is 5.32 Å². The van der Waals surface area contributed by atoms with E-state index in [1.165, 1.54) is 5.69 Å². The second-order valence-electron chi connectivity index (χ2n) is 3.46. The van der Waals surface area contributed by atoms with Crippen molar-refractivity contribution in [3.63, 3.8) is 0 Å². The molecule has 0 aliphatic rings. The van der Waals surface area contributed by atoms with Gasteiger partial charge in [-0.1, -0.05) is 13.8 Å². The second-order valence-corrected chi connectivity index (χ2v) is 5.64. The number of hydrogen-bond donors (Lipinski definition) is 1. The van der Waals surface area contributed by atoms with E-state index in [1.807, 2.05) is 18.0 Å². The fourth-order valence-corrected chi connectivity index (χ4v) is 3.01. The molecule has 1 unspecified atom stereocenters. The maximum absolute atomic E-state index is 4.37. The minimum atomic E-state index is 0.381. The fraction of sp³-hybridized carbons (Fsp3) is 0.727. The van der Waals surface area contributed by atoms with E-state index < -0.39 is 0 Å². The van der Waals surface area contributed by atoms with Crippen LogP contribution in [0.4, 0.5) is 0 Å². The van der Waals surface area contributed by atoms with Gasteiger partial charge in [0.2, 0.25) is 0 Å². The highest BCUT2D eigenvalue weighted by Gasteiger charge is 2.18. The fourth-order valence-electron chi connectivity index (χ4n) is 1.69. The van der Waals surface area contributed by atoms with Gasteiger partial charge in [0.05, 0.1) is 22.4 Å². The molecule has 1 N–H and O–H groups in total. The predicted molar refractivity (Wildman–Crippen MR) is 75.0 cm³/mol. The number of nitrogens with zero attached hydrogens (tertiary/aromatic N) is 2. The largest absolute Gasteiger partial charge is 0.308 e. The van der Waals surface area contributed by atoms with E-state index in [2.05, 4.69) is 51.8 Å². The Hall–Kier alpha value is 0. The van der Waals surface area contributed by atoms with E-state index >= 15 is 0 Å². The molecule has 0 aliphatic carbocycles. The highest BCUT2D eigenvalue weighted by atomic mass is 79.9. The van der Waals surface area contributed by atoms with E-state index in [4.69, 9.17) is 0 Å². The van der Waals surface area contributed by atoms with Gasteiger partial charge in [0, 0.05) is 12.3 Å². The summed E-state index contributed by atoms with van der Waals surface area (Å²) >= 11 is 5.55. The third-order valence-corrected chi connectivity index (χ3v) is 3.99. The van der Waals surface area contributed by atoms with Gasteiger partial charge in [-0.3, -0.25) is 4.68 Å². The molecule has 1 rings (SSSR count). The van der Waals surface area contributed by atoms with Crippen LogP contribution in [0.5, 0.6) is 0 Å². The summed E-state index contributed by atoms with van der Waals surface area (Å²) in [7, 11) is 0. The summed E-state index contributed by atoms with van der Waals surface area (Å²) < 4.78 is 3.17. The van der Waals surface area contributed by atoms with Gasteiger partial charge in [-0.05, 0) is 35.2 Å². The Labute approximate surface area is 110 Å². The van der Waals surface area contributed by atoms with E-state index in [0.29, 0.717) is 6.04 Å².